The average molecular weight is 356 g/mol. The van der Waals surface area contributed by atoms with Crippen LogP contribution in [0.25, 0.3) is 0 Å². The summed E-state index contributed by atoms with van der Waals surface area (Å²) >= 11 is 12.0. The quantitative estimate of drug-likeness (QED) is 0.898. The summed E-state index contributed by atoms with van der Waals surface area (Å²) in [5.74, 6) is -0.978. The molecule has 9 heteroatoms. The van der Waals surface area contributed by atoms with Crippen LogP contribution in [0.4, 0.5) is 0 Å². The first-order valence-corrected chi connectivity index (χ1v) is 8.18. The summed E-state index contributed by atoms with van der Waals surface area (Å²) in [5, 5.41) is 0.825. The number of benzene rings is 1. The van der Waals surface area contributed by atoms with Crippen LogP contribution in [0.3, 0.4) is 0 Å². The Labute approximate surface area is 133 Å². The highest BCUT2D eigenvalue weighted by molar-refractivity contribution is 7.84. The molecule has 0 bridgehead atoms. The molecule has 2 atom stereocenters. The van der Waals surface area contributed by atoms with E-state index in [0.717, 1.165) is 7.11 Å². The molecule has 2 rings (SSSR count). The van der Waals surface area contributed by atoms with Crippen LogP contribution in [0, 0.1) is 0 Å². The molecule has 0 radical (unpaired) electrons. The van der Waals surface area contributed by atoms with E-state index < -0.39 is 28.4 Å². The van der Waals surface area contributed by atoms with E-state index in [1.807, 2.05) is 0 Å². The minimum Gasteiger partial charge on any atom is -0.338 e. The van der Waals surface area contributed by atoms with Gasteiger partial charge in [-0.1, -0.05) is 29.3 Å². The normalized spacial score (nSPS) is 25.2. The summed E-state index contributed by atoms with van der Waals surface area (Å²) in [4.78, 5) is 0. The zero-order valence-electron chi connectivity index (χ0n) is 11.6. The van der Waals surface area contributed by atoms with Crippen molar-refractivity contribution < 1.29 is 22.1 Å². The van der Waals surface area contributed by atoms with Gasteiger partial charge in [-0.15, -0.1) is 0 Å². The molecule has 0 spiro atoms. The maximum atomic E-state index is 11.6. The van der Waals surface area contributed by atoms with Gasteiger partial charge in [0.25, 0.3) is 0 Å². The average Bonchev–Trinajstić information content (AvgIpc) is 2.63. The van der Waals surface area contributed by atoms with Gasteiger partial charge in [-0.25, -0.2) is 0 Å². The van der Waals surface area contributed by atoms with Gasteiger partial charge >= 0.3 is 10.3 Å². The topological polar surface area (TPSA) is 73.9 Å². The van der Waals surface area contributed by atoms with E-state index in [9.17, 15) is 8.42 Å². The number of hydrogen-bond donors (Lipinski definition) is 1. The molecule has 0 unspecified atom stereocenters. The van der Waals surface area contributed by atoms with Crippen molar-refractivity contribution in [3.63, 3.8) is 0 Å². The molecule has 0 saturated carbocycles. The fraction of sp³-hybridized carbons (Fsp3) is 0.500. The number of nitrogens with one attached hydrogen (secondary N) is 1. The van der Waals surface area contributed by atoms with Crippen molar-refractivity contribution in [3.8, 4) is 0 Å². The summed E-state index contributed by atoms with van der Waals surface area (Å²) in [6.45, 7) is 3.34. The van der Waals surface area contributed by atoms with Crippen LogP contribution in [0.1, 0.15) is 25.5 Å². The SMILES string of the molecule is COS(=O)(=O)N[C@@H]1OC(C)(C)O[C@@H]1c1ccc(Cl)cc1Cl. The zero-order chi connectivity index (χ0) is 15.8. The third-order valence-electron chi connectivity index (χ3n) is 2.85. The molecular formula is C12H15Cl2NO5S. The highest BCUT2D eigenvalue weighted by atomic mass is 35.5. The maximum absolute atomic E-state index is 11.6. The molecule has 118 valence electrons. The van der Waals surface area contributed by atoms with E-state index in [-0.39, 0.29) is 0 Å². The lowest BCUT2D eigenvalue weighted by Gasteiger charge is -2.18. The van der Waals surface area contributed by atoms with Crippen molar-refractivity contribution in [2.75, 3.05) is 7.11 Å². The van der Waals surface area contributed by atoms with Gasteiger partial charge in [0, 0.05) is 15.6 Å². The predicted molar refractivity (Wildman–Crippen MR) is 78.3 cm³/mol. The van der Waals surface area contributed by atoms with Crippen molar-refractivity contribution in [2.24, 2.45) is 0 Å². The Morgan fingerprint density at radius 1 is 1.29 bits per heavy atom. The highest BCUT2D eigenvalue weighted by Gasteiger charge is 2.44. The number of hydrogen-bond acceptors (Lipinski definition) is 5. The van der Waals surface area contributed by atoms with E-state index in [2.05, 4.69) is 8.91 Å². The summed E-state index contributed by atoms with van der Waals surface area (Å²) in [5.41, 5.74) is 0.565. The largest absolute Gasteiger partial charge is 0.338 e. The molecule has 1 aliphatic rings. The Morgan fingerprint density at radius 2 is 1.95 bits per heavy atom. The molecule has 6 nitrogen and oxygen atoms in total. The molecule has 1 fully saturated rings. The second-order valence-corrected chi connectivity index (χ2v) is 7.20. The first-order valence-electron chi connectivity index (χ1n) is 6.02. The van der Waals surface area contributed by atoms with Gasteiger partial charge in [0.2, 0.25) is 0 Å². The Balaban J connectivity index is 2.34. The number of rotatable bonds is 4. The smallest absolute Gasteiger partial charge is 0.337 e. The van der Waals surface area contributed by atoms with Crippen LogP contribution in [-0.4, -0.2) is 27.5 Å². The molecule has 0 aliphatic carbocycles. The monoisotopic (exact) mass is 355 g/mol. The van der Waals surface area contributed by atoms with E-state index >= 15 is 0 Å². The number of halogens is 2. The summed E-state index contributed by atoms with van der Waals surface area (Å²) in [6, 6.07) is 4.85. The molecule has 0 aromatic heterocycles. The summed E-state index contributed by atoms with van der Waals surface area (Å²) < 4.78 is 41.0. The fourth-order valence-electron chi connectivity index (χ4n) is 2.00. The van der Waals surface area contributed by atoms with Crippen molar-refractivity contribution in [2.45, 2.75) is 32.0 Å². The van der Waals surface area contributed by atoms with Crippen LogP contribution in [-0.2, 0) is 24.0 Å². The van der Waals surface area contributed by atoms with Gasteiger partial charge in [-0.05, 0) is 26.0 Å². The summed E-state index contributed by atoms with van der Waals surface area (Å²) in [7, 11) is -2.89. The van der Waals surface area contributed by atoms with Gasteiger partial charge in [-0.3, -0.25) is 4.18 Å². The van der Waals surface area contributed by atoms with Crippen LogP contribution >= 0.6 is 23.2 Å². The molecule has 21 heavy (non-hydrogen) atoms. The van der Waals surface area contributed by atoms with Gasteiger partial charge in [0.05, 0.1) is 7.11 Å². The Morgan fingerprint density at radius 3 is 2.52 bits per heavy atom. The lowest BCUT2D eigenvalue weighted by Crippen LogP contribution is -2.39. The van der Waals surface area contributed by atoms with Crippen LogP contribution in [0.5, 0.6) is 0 Å². The molecule has 1 aromatic rings. The second kappa shape index (κ2) is 6.00. The molecular weight excluding hydrogens is 341 g/mol. The van der Waals surface area contributed by atoms with Gasteiger partial charge in [0.15, 0.2) is 12.0 Å². The minimum absolute atomic E-state index is 0.357. The molecule has 1 heterocycles. The predicted octanol–water partition coefficient (Wildman–Crippen LogP) is 2.62. The first kappa shape index (κ1) is 17.0. The zero-order valence-corrected chi connectivity index (χ0v) is 13.9. The lowest BCUT2D eigenvalue weighted by molar-refractivity contribution is -0.147. The fourth-order valence-corrected chi connectivity index (χ4v) is 3.07. The molecule has 1 saturated heterocycles. The van der Waals surface area contributed by atoms with E-state index in [1.54, 1.807) is 32.0 Å². The lowest BCUT2D eigenvalue weighted by atomic mass is 10.1. The van der Waals surface area contributed by atoms with Gasteiger partial charge < -0.3 is 9.47 Å². The van der Waals surface area contributed by atoms with Crippen molar-refractivity contribution in [1.82, 2.24) is 4.72 Å². The van der Waals surface area contributed by atoms with E-state index in [0.29, 0.717) is 15.6 Å². The third-order valence-corrected chi connectivity index (χ3v) is 4.37. The summed E-state index contributed by atoms with van der Waals surface area (Å²) in [6.07, 6.45) is -1.70. The first-order chi connectivity index (χ1) is 9.63. The van der Waals surface area contributed by atoms with E-state index in [4.69, 9.17) is 32.7 Å². The second-order valence-electron chi connectivity index (χ2n) is 4.88. The minimum atomic E-state index is -3.94. The van der Waals surface area contributed by atoms with E-state index in [1.165, 1.54) is 0 Å². The molecule has 1 N–H and O–H groups in total. The van der Waals surface area contributed by atoms with Gasteiger partial charge in [0.1, 0.15) is 6.10 Å². The van der Waals surface area contributed by atoms with Gasteiger partial charge in [-0.2, -0.15) is 13.1 Å². The van der Waals surface area contributed by atoms with Crippen LogP contribution < -0.4 is 4.72 Å². The van der Waals surface area contributed by atoms with Crippen LogP contribution in [0.2, 0.25) is 10.0 Å². The molecule has 1 aliphatic heterocycles. The Bertz CT molecular complexity index is 635. The highest BCUT2D eigenvalue weighted by Crippen LogP contribution is 2.40. The van der Waals surface area contributed by atoms with Crippen LogP contribution in [0.15, 0.2) is 18.2 Å². The Hall–Kier alpha value is -0.410. The number of ether oxygens (including phenoxy) is 2. The third kappa shape index (κ3) is 4.07. The van der Waals surface area contributed by atoms with Crippen molar-refractivity contribution in [3.05, 3.63) is 33.8 Å². The maximum Gasteiger partial charge on any atom is 0.337 e. The standard InChI is InChI=1S/C12H15Cl2NO5S/c1-12(2)19-10(8-5-4-7(13)6-9(8)14)11(20-12)15-21(16,17)18-3/h4-6,10-11,15H,1-3H3/t10-,11-/m1/s1. The van der Waals surface area contributed by atoms with Crippen molar-refractivity contribution >= 4 is 33.5 Å². The molecule has 1 aromatic carbocycles. The Kier molecular flexibility index (Phi) is 4.84. The van der Waals surface area contributed by atoms with Crippen molar-refractivity contribution in [1.29, 1.82) is 0 Å². The molecule has 0 amide bonds.